The molecular weight excluding hydrogens is 318 g/mol. The number of hydrogen-bond donors (Lipinski definition) is 1. The lowest BCUT2D eigenvalue weighted by Crippen LogP contribution is -2.26. The average molecular weight is 337 g/mol. The van der Waals surface area contributed by atoms with E-state index in [0.717, 1.165) is 12.0 Å². The minimum absolute atomic E-state index is 0.0365. The normalized spacial score (nSPS) is 16.8. The summed E-state index contributed by atoms with van der Waals surface area (Å²) in [6, 6.07) is 16.7. The van der Waals surface area contributed by atoms with Crippen LogP contribution in [0.1, 0.15) is 28.5 Å². The number of nitrogens with one attached hydrogen (secondary N) is 1. The van der Waals surface area contributed by atoms with Crippen molar-refractivity contribution in [3.8, 4) is 0 Å². The van der Waals surface area contributed by atoms with Crippen LogP contribution in [0.4, 0.5) is 0 Å². The van der Waals surface area contributed by atoms with Crippen molar-refractivity contribution in [3.63, 3.8) is 0 Å². The Labute approximate surface area is 145 Å². The van der Waals surface area contributed by atoms with Crippen LogP contribution in [0, 0.1) is 0 Å². The molecule has 1 N–H and O–H groups in total. The van der Waals surface area contributed by atoms with Gasteiger partial charge >= 0.3 is 0 Å². The van der Waals surface area contributed by atoms with Gasteiger partial charge in [-0.1, -0.05) is 36.4 Å². The lowest BCUT2D eigenvalue weighted by Gasteiger charge is -2.22. The van der Waals surface area contributed by atoms with Crippen LogP contribution in [0.3, 0.4) is 0 Å². The summed E-state index contributed by atoms with van der Waals surface area (Å²) in [6.07, 6.45) is 1.25. The molecule has 3 nitrogen and oxygen atoms in total. The van der Waals surface area contributed by atoms with Gasteiger partial charge in [0, 0.05) is 11.4 Å². The summed E-state index contributed by atoms with van der Waals surface area (Å²) in [7, 11) is 0. The third-order valence-electron chi connectivity index (χ3n) is 4.44. The molecule has 4 rings (SSSR count). The molecule has 4 heteroatoms. The van der Waals surface area contributed by atoms with E-state index in [1.807, 2.05) is 12.1 Å². The zero-order valence-electron chi connectivity index (χ0n) is 13.3. The van der Waals surface area contributed by atoms with Gasteiger partial charge in [-0.25, -0.2) is 0 Å². The van der Waals surface area contributed by atoms with Crippen molar-refractivity contribution in [3.05, 3.63) is 69.9 Å². The van der Waals surface area contributed by atoms with Gasteiger partial charge in [0.1, 0.15) is 6.10 Å². The summed E-state index contributed by atoms with van der Waals surface area (Å²) in [5, 5.41) is 7.52. The second-order valence-corrected chi connectivity index (χ2v) is 7.03. The summed E-state index contributed by atoms with van der Waals surface area (Å²) in [5.41, 5.74) is 2.45. The lowest BCUT2D eigenvalue weighted by atomic mass is 10.0. The van der Waals surface area contributed by atoms with Gasteiger partial charge in [-0.15, -0.1) is 11.3 Å². The van der Waals surface area contributed by atoms with Gasteiger partial charge in [-0.2, -0.15) is 0 Å². The minimum atomic E-state index is -0.0923. The third-order valence-corrected chi connectivity index (χ3v) is 5.49. The fraction of sp³-hybridized carbons (Fsp3) is 0.250. The van der Waals surface area contributed by atoms with Crippen molar-refractivity contribution >= 4 is 28.0 Å². The SMILES string of the molecule is O=C(C[C@@H]1OCCc2ccsc21)NCc1ccc2ccccc2c1. The van der Waals surface area contributed by atoms with Crippen LogP contribution in [0.5, 0.6) is 0 Å². The molecule has 1 amide bonds. The van der Waals surface area contributed by atoms with E-state index in [1.54, 1.807) is 11.3 Å². The van der Waals surface area contributed by atoms with Gasteiger partial charge in [0.05, 0.1) is 13.0 Å². The second-order valence-electron chi connectivity index (χ2n) is 6.08. The van der Waals surface area contributed by atoms with Crippen LogP contribution < -0.4 is 5.32 Å². The highest BCUT2D eigenvalue weighted by Crippen LogP contribution is 2.33. The van der Waals surface area contributed by atoms with Crippen LogP contribution >= 0.6 is 11.3 Å². The standard InChI is InChI=1S/C20H19NO2S/c22-19(12-18-20-16(7-9-23-18)8-10-24-20)21-13-14-5-6-15-3-1-2-4-17(15)11-14/h1-6,8,10-11,18H,7,9,12-13H2,(H,21,22)/t18-/m0/s1. The summed E-state index contributed by atoms with van der Waals surface area (Å²) < 4.78 is 5.79. The van der Waals surface area contributed by atoms with E-state index < -0.39 is 0 Å². The summed E-state index contributed by atoms with van der Waals surface area (Å²) in [6.45, 7) is 1.25. The highest BCUT2D eigenvalue weighted by molar-refractivity contribution is 7.10. The molecule has 0 saturated carbocycles. The van der Waals surface area contributed by atoms with Crippen LogP contribution in [0.2, 0.25) is 0 Å². The molecule has 2 aromatic carbocycles. The van der Waals surface area contributed by atoms with Gasteiger partial charge in [-0.3, -0.25) is 4.79 Å². The zero-order chi connectivity index (χ0) is 16.4. The molecule has 24 heavy (non-hydrogen) atoms. The van der Waals surface area contributed by atoms with Gasteiger partial charge in [0.2, 0.25) is 5.91 Å². The molecule has 0 aliphatic carbocycles. The predicted octanol–water partition coefficient (Wildman–Crippen LogP) is 4.22. The number of fused-ring (bicyclic) bond motifs is 2. The van der Waals surface area contributed by atoms with Crippen molar-refractivity contribution in [2.45, 2.75) is 25.5 Å². The Morgan fingerprint density at radius 1 is 1.17 bits per heavy atom. The molecule has 0 saturated heterocycles. The summed E-state index contributed by atoms with van der Waals surface area (Å²) in [5.74, 6) is 0.0365. The molecule has 122 valence electrons. The number of hydrogen-bond acceptors (Lipinski definition) is 3. The van der Waals surface area contributed by atoms with Crippen molar-refractivity contribution in [1.29, 1.82) is 0 Å². The monoisotopic (exact) mass is 337 g/mol. The molecular formula is C20H19NO2S. The van der Waals surface area contributed by atoms with Crippen LogP contribution in [-0.4, -0.2) is 12.5 Å². The summed E-state index contributed by atoms with van der Waals surface area (Å²) in [4.78, 5) is 13.5. The fourth-order valence-corrected chi connectivity index (χ4v) is 4.17. The molecule has 0 bridgehead atoms. The molecule has 0 unspecified atom stereocenters. The molecule has 0 fully saturated rings. The van der Waals surface area contributed by atoms with E-state index in [9.17, 15) is 4.79 Å². The minimum Gasteiger partial charge on any atom is -0.372 e. The van der Waals surface area contributed by atoms with E-state index in [2.05, 4.69) is 47.1 Å². The van der Waals surface area contributed by atoms with Crippen molar-refractivity contribution in [2.24, 2.45) is 0 Å². The maximum absolute atomic E-state index is 12.3. The first-order valence-electron chi connectivity index (χ1n) is 8.22. The number of ether oxygens (including phenoxy) is 1. The highest BCUT2D eigenvalue weighted by Gasteiger charge is 2.24. The quantitative estimate of drug-likeness (QED) is 0.774. The maximum atomic E-state index is 12.3. The number of amides is 1. The molecule has 1 aromatic heterocycles. The molecule has 1 atom stereocenters. The van der Waals surface area contributed by atoms with Crippen molar-refractivity contribution in [2.75, 3.05) is 6.61 Å². The summed E-state index contributed by atoms with van der Waals surface area (Å²) >= 11 is 1.69. The van der Waals surface area contributed by atoms with E-state index in [-0.39, 0.29) is 12.0 Å². The lowest BCUT2D eigenvalue weighted by molar-refractivity contribution is -0.124. The number of benzene rings is 2. The molecule has 1 aliphatic rings. The number of thiophene rings is 1. The molecule has 3 aromatic rings. The fourth-order valence-electron chi connectivity index (χ4n) is 3.16. The van der Waals surface area contributed by atoms with Crippen molar-refractivity contribution < 1.29 is 9.53 Å². The number of carbonyl (C=O) groups is 1. The topological polar surface area (TPSA) is 38.3 Å². The van der Waals surface area contributed by atoms with Gasteiger partial charge in [0.25, 0.3) is 0 Å². The molecule has 2 heterocycles. The van der Waals surface area contributed by atoms with Gasteiger partial charge < -0.3 is 10.1 Å². The maximum Gasteiger partial charge on any atom is 0.223 e. The molecule has 0 radical (unpaired) electrons. The Morgan fingerprint density at radius 2 is 2.04 bits per heavy atom. The van der Waals surface area contributed by atoms with Gasteiger partial charge in [0.15, 0.2) is 0 Å². The van der Waals surface area contributed by atoms with Gasteiger partial charge in [-0.05, 0) is 45.8 Å². The highest BCUT2D eigenvalue weighted by atomic mass is 32.1. The first-order valence-corrected chi connectivity index (χ1v) is 9.10. The van der Waals surface area contributed by atoms with Crippen LogP contribution in [0.25, 0.3) is 10.8 Å². The Morgan fingerprint density at radius 3 is 2.96 bits per heavy atom. The first kappa shape index (κ1) is 15.4. The van der Waals surface area contributed by atoms with E-state index in [4.69, 9.17) is 4.74 Å². The van der Waals surface area contributed by atoms with Crippen LogP contribution in [-0.2, 0) is 22.5 Å². The predicted molar refractivity (Wildman–Crippen MR) is 97.1 cm³/mol. The third kappa shape index (κ3) is 3.21. The number of rotatable bonds is 4. The first-order chi connectivity index (χ1) is 11.8. The Hall–Kier alpha value is -2.17. The van der Waals surface area contributed by atoms with Crippen molar-refractivity contribution in [1.82, 2.24) is 5.32 Å². The number of carbonyl (C=O) groups excluding carboxylic acids is 1. The smallest absolute Gasteiger partial charge is 0.223 e. The zero-order valence-corrected chi connectivity index (χ0v) is 14.1. The molecule has 1 aliphatic heterocycles. The molecule has 0 spiro atoms. The second kappa shape index (κ2) is 6.75. The van der Waals surface area contributed by atoms with E-state index in [1.165, 1.54) is 21.2 Å². The average Bonchev–Trinajstić information content (AvgIpc) is 3.10. The van der Waals surface area contributed by atoms with E-state index >= 15 is 0 Å². The largest absolute Gasteiger partial charge is 0.372 e. The van der Waals surface area contributed by atoms with E-state index in [0.29, 0.717) is 19.6 Å². The van der Waals surface area contributed by atoms with Crippen LogP contribution in [0.15, 0.2) is 53.9 Å². The Balaban J connectivity index is 1.38. The Kier molecular flexibility index (Phi) is 4.32. The Bertz CT molecular complexity index is 871.